The fourth-order valence-corrected chi connectivity index (χ4v) is 4.85. The Kier molecular flexibility index (Phi) is 5.90. The number of hydrogen-bond donors (Lipinski definition) is 1. The highest BCUT2D eigenvalue weighted by molar-refractivity contribution is 7.89. The van der Waals surface area contributed by atoms with E-state index < -0.39 is 10.0 Å². The number of hydrogen-bond acceptors (Lipinski definition) is 6. The van der Waals surface area contributed by atoms with Crippen molar-refractivity contribution in [1.82, 2.24) is 4.90 Å². The van der Waals surface area contributed by atoms with Crippen molar-refractivity contribution in [1.29, 1.82) is 5.26 Å². The summed E-state index contributed by atoms with van der Waals surface area (Å²) in [6.45, 7) is 9.44. The number of nitrogens with zero attached hydrogens (tertiary/aromatic N) is 4. The summed E-state index contributed by atoms with van der Waals surface area (Å²) in [5, 5.41) is 14.4. The lowest BCUT2D eigenvalue weighted by atomic mass is 10.1. The van der Waals surface area contributed by atoms with Gasteiger partial charge in [0.25, 0.3) is 0 Å². The van der Waals surface area contributed by atoms with Crippen LogP contribution in [0.4, 0.5) is 11.4 Å². The molecular formula is C23H27N5O2S. The highest BCUT2D eigenvalue weighted by atomic mass is 32.2. The van der Waals surface area contributed by atoms with E-state index in [1.807, 2.05) is 30.3 Å². The summed E-state index contributed by atoms with van der Waals surface area (Å²) in [5.41, 5.74) is 4.43. The topological polar surface area (TPSA) is 93.7 Å². The zero-order valence-corrected chi connectivity index (χ0v) is 18.3. The second-order valence-electron chi connectivity index (χ2n) is 8.00. The third-order valence-electron chi connectivity index (χ3n) is 6.08. The van der Waals surface area contributed by atoms with E-state index in [1.54, 1.807) is 12.1 Å². The molecule has 0 radical (unpaired) electrons. The SMILES string of the molecule is C=C(c1cc(S(N)(=O)=O)ccc1N1CCCC1)N1CCN(c2ccc(C#N)cc2)CC1. The zero-order valence-electron chi connectivity index (χ0n) is 17.5. The maximum atomic E-state index is 12.0. The van der Waals surface area contributed by atoms with Gasteiger partial charge in [-0.1, -0.05) is 6.58 Å². The Labute approximate surface area is 184 Å². The lowest BCUT2D eigenvalue weighted by Crippen LogP contribution is -2.45. The minimum absolute atomic E-state index is 0.114. The number of rotatable bonds is 5. The van der Waals surface area contributed by atoms with Crippen molar-refractivity contribution < 1.29 is 8.42 Å². The first kappa shape index (κ1) is 21.2. The van der Waals surface area contributed by atoms with Crippen molar-refractivity contribution in [2.75, 3.05) is 49.1 Å². The first-order chi connectivity index (χ1) is 14.9. The molecule has 2 N–H and O–H groups in total. The Bertz CT molecular complexity index is 1110. The van der Waals surface area contributed by atoms with Gasteiger partial charge in [0, 0.05) is 61.9 Å². The summed E-state index contributed by atoms with van der Waals surface area (Å²) in [6, 6.07) is 14.9. The maximum absolute atomic E-state index is 12.0. The van der Waals surface area contributed by atoms with Gasteiger partial charge in [0.1, 0.15) is 0 Å². The summed E-state index contributed by atoms with van der Waals surface area (Å²) in [4.78, 5) is 6.90. The molecule has 2 aromatic carbocycles. The largest absolute Gasteiger partial charge is 0.371 e. The summed E-state index contributed by atoms with van der Waals surface area (Å²) >= 11 is 0. The number of benzene rings is 2. The maximum Gasteiger partial charge on any atom is 0.238 e. The van der Waals surface area contributed by atoms with E-state index in [9.17, 15) is 8.42 Å². The quantitative estimate of drug-likeness (QED) is 0.773. The molecule has 8 heteroatoms. The van der Waals surface area contributed by atoms with Gasteiger partial charge in [-0.3, -0.25) is 0 Å². The van der Waals surface area contributed by atoms with Crippen LogP contribution in [-0.2, 0) is 10.0 Å². The molecule has 0 aromatic heterocycles. The van der Waals surface area contributed by atoms with Crippen molar-refractivity contribution in [3.8, 4) is 6.07 Å². The molecule has 0 spiro atoms. The van der Waals surface area contributed by atoms with E-state index in [0.29, 0.717) is 5.56 Å². The van der Waals surface area contributed by atoms with Gasteiger partial charge in [-0.05, 0) is 55.3 Å². The smallest absolute Gasteiger partial charge is 0.238 e. The standard InChI is InChI=1S/C23H27N5O2S/c1-18(26-12-14-27(15-13-26)20-6-4-19(17-24)5-7-20)22-16-21(31(25,29)30)8-9-23(22)28-10-2-3-11-28/h4-9,16H,1-3,10-15H2,(H2,25,29,30). The molecule has 31 heavy (non-hydrogen) atoms. The van der Waals surface area contributed by atoms with Gasteiger partial charge in [-0.15, -0.1) is 0 Å². The molecule has 2 heterocycles. The van der Waals surface area contributed by atoms with Crippen molar-refractivity contribution >= 4 is 27.1 Å². The minimum atomic E-state index is -3.79. The van der Waals surface area contributed by atoms with E-state index in [2.05, 4.69) is 27.3 Å². The molecule has 0 bridgehead atoms. The first-order valence-corrected chi connectivity index (χ1v) is 12.0. The third-order valence-corrected chi connectivity index (χ3v) is 6.99. The van der Waals surface area contributed by atoms with Crippen LogP contribution in [0.5, 0.6) is 0 Å². The molecule has 2 aliphatic heterocycles. The molecule has 2 fully saturated rings. The van der Waals surface area contributed by atoms with Crippen LogP contribution in [0.1, 0.15) is 24.0 Å². The van der Waals surface area contributed by atoms with Crippen LogP contribution in [0, 0.1) is 11.3 Å². The van der Waals surface area contributed by atoms with Gasteiger partial charge in [0.2, 0.25) is 10.0 Å². The molecule has 7 nitrogen and oxygen atoms in total. The van der Waals surface area contributed by atoms with Gasteiger partial charge in [0.05, 0.1) is 16.5 Å². The fourth-order valence-electron chi connectivity index (χ4n) is 4.31. The number of nitrogens with two attached hydrogens (primary N) is 1. The van der Waals surface area contributed by atoms with Crippen molar-refractivity contribution in [2.24, 2.45) is 5.14 Å². The van der Waals surface area contributed by atoms with Crippen LogP contribution in [0.15, 0.2) is 53.9 Å². The molecule has 4 rings (SSSR count). The Morgan fingerprint density at radius 3 is 2.16 bits per heavy atom. The Morgan fingerprint density at radius 2 is 1.58 bits per heavy atom. The lowest BCUT2D eigenvalue weighted by Gasteiger charge is -2.39. The van der Waals surface area contributed by atoms with Crippen LogP contribution in [0.2, 0.25) is 0 Å². The average molecular weight is 438 g/mol. The number of piperazine rings is 1. The van der Waals surface area contributed by atoms with Crippen LogP contribution >= 0.6 is 0 Å². The van der Waals surface area contributed by atoms with E-state index in [1.165, 1.54) is 0 Å². The highest BCUT2D eigenvalue weighted by Crippen LogP contribution is 2.33. The molecule has 0 saturated carbocycles. The molecule has 162 valence electrons. The van der Waals surface area contributed by atoms with Crippen molar-refractivity contribution in [3.63, 3.8) is 0 Å². The number of primary sulfonamides is 1. The minimum Gasteiger partial charge on any atom is -0.371 e. The van der Waals surface area contributed by atoms with E-state index in [0.717, 1.165) is 74.7 Å². The van der Waals surface area contributed by atoms with Crippen LogP contribution in [0.3, 0.4) is 0 Å². The summed E-state index contributed by atoms with van der Waals surface area (Å²) in [7, 11) is -3.79. The summed E-state index contributed by atoms with van der Waals surface area (Å²) in [6.07, 6.45) is 2.26. The van der Waals surface area contributed by atoms with E-state index in [4.69, 9.17) is 10.4 Å². The highest BCUT2D eigenvalue weighted by Gasteiger charge is 2.24. The van der Waals surface area contributed by atoms with Crippen LogP contribution in [0.25, 0.3) is 5.70 Å². The lowest BCUT2D eigenvalue weighted by molar-refractivity contribution is 0.368. The van der Waals surface area contributed by atoms with Crippen LogP contribution < -0.4 is 14.9 Å². The molecule has 2 aliphatic rings. The van der Waals surface area contributed by atoms with Gasteiger partial charge in [-0.2, -0.15) is 5.26 Å². The monoisotopic (exact) mass is 437 g/mol. The van der Waals surface area contributed by atoms with E-state index in [-0.39, 0.29) is 4.90 Å². The van der Waals surface area contributed by atoms with Crippen molar-refractivity contribution in [2.45, 2.75) is 17.7 Å². The second kappa shape index (κ2) is 8.61. The van der Waals surface area contributed by atoms with E-state index >= 15 is 0 Å². The molecule has 0 atom stereocenters. The van der Waals surface area contributed by atoms with Gasteiger partial charge >= 0.3 is 0 Å². The Hall–Kier alpha value is -3.02. The summed E-state index contributed by atoms with van der Waals surface area (Å²) < 4.78 is 23.9. The molecule has 0 amide bonds. The molecule has 2 aromatic rings. The van der Waals surface area contributed by atoms with Gasteiger partial charge in [0.15, 0.2) is 0 Å². The number of nitriles is 1. The van der Waals surface area contributed by atoms with Crippen molar-refractivity contribution in [3.05, 3.63) is 60.2 Å². The van der Waals surface area contributed by atoms with Gasteiger partial charge < -0.3 is 14.7 Å². The molecule has 0 unspecified atom stereocenters. The molecular weight excluding hydrogens is 410 g/mol. The second-order valence-corrected chi connectivity index (χ2v) is 9.56. The average Bonchev–Trinajstić information content (AvgIpc) is 3.32. The third kappa shape index (κ3) is 4.53. The van der Waals surface area contributed by atoms with Crippen LogP contribution in [-0.4, -0.2) is 52.6 Å². The predicted molar refractivity (Wildman–Crippen MR) is 123 cm³/mol. The predicted octanol–water partition coefficient (Wildman–Crippen LogP) is 2.60. The number of sulfonamides is 1. The summed E-state index contributed by atoms with van der Waals surface area (Å²) in [5.74, 6) is 0. The Morgan fingerprint density at radius 1 is 0.935 bits per heavy atom. The Balaban J connectivity index is 1.54. The zero-order chi connectivity index (χ0) is 22.0. The first-order valence-electron chi connectivity index (χ1n) is 10.5. The van der Waals surface area contributed by atoms with Gasteiger partial charge in [-0.25, -0.2) is 13.6 Å². The molecule has 2 saturated heterocycles. The fraction of sp³-hybridized carbons (Fsp3) is 0.348. The normalized spacial score (nSPS) is 17.0. The number of anilines is 2. The molecule has 0 aliphatic carbocycles.